The molecule has 0 amide bonds. The van der Waals surface area contributed by atoms with Crippen molar-refractivity contribution in [2.75, 3.05) is 11.6 Å². The van der Waals surface area contributed by atoms with Crippen LogP contribution in [-0.4, -0.2) is 11.2 Å². The molecule has 0 aliphatic carbocycles. The van der Waals surface area contributed by atoms with Crippen molar-refractivity contribution >= 4 is 68.3 Å². The van der Waals surface area contributed by atoms with Gasteiger partial charge >= 0.3 is 0 Å². The number of nitrogens with one attached hydrogen (secondary N) is 1. The molecule has 0 unspecified atom stereocenters. The Morgan fingerprint density at radius 2 is 1.76 bits per heavy atom. The van der Waals surface area contributed by atoms with E-state index in [4.69, 9.17) is 23.8 Å². The number of thioether (sulfide) groups is 1. The largest absolute Gasteiger partial charge is 0.346 e. The number of benzene rings is 2. The average Bonchev–Trinajstić information content (AvgIpc) is 2.49. The van der Waals surface area contributed by atoms with Crippen LogP contribution in [0.15, 0.2) is 57.9 Å². The summed E-state index contributed by atoms with van der Waals surface area (Å²) >= 11 is 16.4. The summed E-state index contributed by atoms with van der Waals surface area (Å²) < 4.78 is 1.06. The van der Waals surface area contributed by atoms with Crippen molar-refractivity contribution in [1.29, 1.82) is 0 Å². The molecule has 0 fully saturated rings. The van der Waals surface area contributed by atoms with Gasteiger partial charge in [0.1, 0.15) is 4.99 Å². The molecule has 0 spiro atoms. The topological polar surface area (TPSA) is 12.0 Å². The monoisotopic (exact) mass is 397 g/mol. The smallest absolute Gasteiger partial charge is 0.117 e. The second-order valence-corrected chi connectivity index (χ2v) is 6.83. The SMILES string of the molecule is CS/C(=C\c1ccc(Br)cc1)C(=S)Nc1ccc(Cl)cc1. The fourth-order valence-electron chi connectivity index (χ4n) is 1.65. The van der Waals surface area contributed by atoms with Gasteiger partial charge in [0.15, 0.2) is 0 Å². The standard InChI is InChI=1S/C16H13BrClNS2/c1-21-15(10-11-2-4-12(17)5-3-11)16(20)19-14-8-6-13(18)7-9-14/h2-10H,1H3,(H,19,20)/b15-10-. The molecule has 21 heavy (non-hydrogen) atoms. The zero-order valence-corrected chi connectivity index (χ0v) is 15.2. The quantitative estimate of drug-likeness (QED) is 0.483. The van der Waals surface area contributed by atoms with Crippen molar-refractivity contribution in [3.63, 3.8) is 0 Å². The highest BCUT2D eigenvalue weighted by Gasteiger charge is 2.05. The molecule has 0 radical (unpaired) electrons. The van der Waals surface area contributed by atoms with Gasteiger partial charge in [-0.1, -0.05) is 51.9 Å². The van der Waals surface area contributed by atoms with Crippen LogP contribution in [0.3, 0.4) is 0 Å². The van der Waals surface area contributed by atoms with Crippen LogP contribution in [0.1, 0.15) is 5.56 Å². The summed E-state index contributed by atoms with van der Waals surface area (Å²) in [5.74, 6) is 0. The van der Waals surface area contributed by atoms with Crippen LogP contribution in [0.5, 0.6) is 0 Å². The first kappa shape index (κ1) is 16.6. The first-order valence-corrected chi connectivity index (χ1v) is 8.97. The van der Waals surface area contributed by atoms with E-state index in [2.05, 4.69) is 27.3 Å². The average molecular weight is 399 g/mol. The van der Waals surface area contributed by atoms with Crippen LogP contribution in [-0.2, 0) is 0 Å². The van der Waals surface area contributed by atoms with E-state index in [9.17, 15) is 0 Å². The van der Waals surface area contributed by atoms with Gasteiger partial charge in [-0.2, -0.15) is 0 Å². The summed E-state index contributed by atoms with van der Waals surface area (Å²) in [4.78, 5) is 1.72. The van der Waals surface area contributed by atoms with Gasteiger partial charge < -0.3 is 5.32 Å². The first-order chi connectivity index (χ1) is 10.1. The molecule has 0 aromatic heterocycles. The Hall–Kier alpha value is -0.810. The molecule has 0 saturated heterocycles. The summed E-state index contributed by atoms with van der Waals surface area (Å²) in [6.45, 7) is 0. The minimum Gasteiger partial charge on any atom is -0.346 e. The lowest BCUT2D eigenvalue weighted by Gasteiger charge is -2.10. The maximum Gasteiger partial charge on any atom is 0.117 e. The summed E-state index contributed by atoms with van der Waals surface area (Å²) in [5, 5.41) is 3.94. The van der Waals surface area contributed by atoms with Crippen LogP contribution in [0.2, 0.25) is 5.02 Å². The van der Waals surface area contributed by atoms with Gasteiger partial charge in [0.2, 0.25) is 0 Å². The Bertz CT molecular complexity index is 651. The van der Waals surface area contributed by atoms with Crippen LogP contribution < -0.4 is 5.32 Å². The number of hydrogen-bond donors (Lipinski definition) is 1. The molecule has 0 aliphatic rings. The molecule has 0 atom stereocenters. The Morgan fingerprint density at radius 1 is 1.14 bits per heavy atom. The third-order valence-electron chi connectivity index (χ3n) is 2.71. The normalized spacial score (nSPS) is 11.3. The molecule has 0 heterocycles. The number of halogens is 2. The van der Waals surface area contributed by atoms with Gasteiger partial charge in [0.05, 0.1) is 0 Å². The van der Waals surface area contributed by atoms with Crippen molar-refractivity contribution in [2.24, 2.45) is 0 Å². The lowest BCUT2D eigenvalue weighted by Crippen LogP contribution is -2.09. The van der Waals surface area contributed by atoms with Gasteiger partial charge in [-0.3, -0.25) is 0 Å². The maximum atomic E-state index is 5.88. The number of hydrogen-bond acceptors (Lipinski definition) is 2. The highest BCUT2D eigenvalue weighted by Crippen LogP contribution is 2.22. The van der Waals surface area contributed by atoms with Gasteiger partial charge in [0.25, 0.3) is 0 Å². The zero-order chi connectivity index (χ0) is 15.2. The minimum atomic E-state index is 0.702. The van der Waals surface area contributed by atoms with Crippen LogP contribution in [0, 0.1) is 0 Å². The van der Waals surface area contributed by atoms with Crippen molar-refractivity contribution in [2.45, 2.75) is 0 Å². The van der Waals surface area contributed by atoms with E-state index in [0.29, 0.717) is 10.0 Å². The maximum absolute atomic E-state index is 5.88. The van der Waals surface area contributed by atoms with Crippen molar-refractivity contribution in [3.05, 3.63) is 68.5 Å². The van der Waals surface area contributed by atoms with E-state index in [1.54, 1.807) is 11.8 Å². The molecule has 2 aromatic rings. The lowest BCUT2D eigenvalue weighted by molar-refractivity contribution is 1.61. The number of anilines is 1. The van der Waals surface area contributed by atoms with Gasteiger partial charge in [0, 0.05) is 20.1 Å². The molecule has 1 N–H and O–H groups in total. The highest BCUT2D eigenvalue weighted by molar-refractivity contribution is 9.10. The van der Waals surface area contributed by atoms with Crippen LogP contribution >= 0.6 is 51.5 Å². The van der Waals surface area contributed by atoms with Gasteiger partial charge in [-0.15, -0.1) is 11.8 Å². The third kappa shape index (κ3) is 5.15. The second-order valence-electron chi connectivity index (χ2n) is 4.23. The molecule has 0 aliphatic heterocycles. The second kappa shape index (κ2) is 7.99. The molecular weight excluding hydrogens is 386 g/mol. The van der Waals surface area contributed by atoms with E-state index in [1.807, 2.05) is 54.8 Å². The van der Waals surface area contributed by atoms with E-state index in [-0.39, 0.29) is 0 Å². The van der Waals surface area contributed by atoms with E-state index in [0.717, 1.165) is 20.6 Å². The van der Waals surface area contributed by atoms with E-state index >= 15 is 0 Å². The molecule has 108 valence electrons. The molecule has 2 rings (SSSR count). The summed E-state index contributed by atoms with van der Waals surface area (Å²) in [6, 6.07) is 15.6. The lowest BCUT2D eigenvalue weighted by atomic mass is 10.2. The van der Waals surface area contributed by atoms with Crippen molar-refractivity contribution < 1.29 is 0 Å². The van der Waals surface area contributed by atoms with Gasteiger partial charge in [-0.25, -0.2) is 0 Å². The fraction of sp³-hybridized carbons (Fsp3) is 0.0625. The highest BCUT2D eigenvalue weighted by atomic mass is 79.9. The molecular formula is C16H13BrClNS2. The van der Waals surface area contributed by atoms with Crippen LogP contribution in [0.25, 0.3) is 6.08 Å². The summed E-state index contributed by atoms with van der Waals surface area (Å²) in [6.07, 6.45) is 4.09. The molecule has 0 saturated carbocycles. The predicted octanol–water partition coefficient (Wildman–Crippen LogP) is 6.25. The predicted molar refractivity (Wildman–Crippen MR) is 103 cm³/mol. The minimum absolute atomic E-state index is 0.702. The Morgan fingerprint density at radius 3 is 2.33 bits per heavy atom. The molecule has 0 bridgehead atoms. The third-order valence-corrected chi connectivity index (χ3v) is 4.71. The molecule has 1 nitrogen and oxygen atoms in total. The number of rotatable bonds is 4. The van der Waals surface area contributed by atoms with E-state index < -0.39 is 0 Å². The molecule has 2 aromatic carbocycles. The molecule has 5 heteroatoms. The fourth-order valence-corrected chi connectivity index (χ4v) is 2.96. The van der Waals surface area contributed by atoms with Gasteiger partial charge in [-0.05, 0) is 54.3 Å². The van der Waals surface area contributed by atoms with Crippen LogP contribution in [0.4, 0.5) is 5.69 Å². The van der Waals surface area contributed by atoms with E-state index in [1.165, 1.54) is 0 Å². The van der Waals surface area contributed by atoms with Crippen molar-refractivity contribution in [3.8, 4) is 0 Å². The Kier molecular flexibility index (Phi) is 6.30. The Labute approximate surface area is 147 Å². The number of thiocarbonyl (C=S) groups is 1. The Balaban J connectivity index is 2.14. The first-order valence-electron chi connectivity index (χ1n) is 6.16. The van der Waals surface area contributed by atoms with Crippen molar-refractivity contribution in [1.82, 2.24) is 0 Å². The summed E-state index contributed by atoms with van der Waals surface area (Å²) in [7, 11) is 0. The summed E-state index contributed by atoms with van der Waals surface area (Å²) in [5.41, 5.74) is 2.04. The zero-order valence-electron chi connectivity index (χ0n) is 11.3.